The second kappa shape index (κ2) is 13.1. The monoisotopic (exact) mass is 622 g/mol. The lowest BCUT2D eigenvalue weighted by atomic mass is 10.2. The minimum Gasteiger partial charge on any atom is -0.486 e. The first-order valence-corrected chi connectivity index (χ1v) is 14.1. The van der Waals surface area contributed by atoms with Crippen LogP contribution in [0.3, 0.4) is 0 Å². The van der Waals surface area contributed by atoms with E-state index in [1.165, 1.54) is 24.1 Å². The zero-order valence-electron chi connectivity index (χ0n) is 23.4. The number of likely N-dealkylation sites (N-methyl/N-ethyl adjacent to an activating group) is 1. The third kappa shape index (κ3) is 6.90. The van der Waals surface area contributed by atoms with Crippen molar-refractivity contribution in [1.82, 2.24) is 19.9 Å². The highest BCUT2D eigenvalue weighted by Gasteiger charge is 2.21. The van der Waals surface area contributed by atoms with E-state index in [-0.39, 0.29) is 24.1 Å². The Morgan fingerprint density at radius 1 is 1.16 bits per heavy atom. The molecule has 0 fully saturated rings. The number of para-hydroxylation sites is 1. The summed E-state index contributed by atoms with van der Waals surface area (Å²) < 4.78 is 13.8. The fourth-order valence-corrected chi connectivity index (χ4v) is 5.07. The molecule has 1 aliphatic rings. The number of fused-ring (bicyclic) bond motifs is 3. The molecule has 4 aromatic rings. The molecule has 0 unspecified atom stereocenters. The summed E-state index contributed by atoms with van der Waals surface area (Å²) in [6, 6.07) is 12.8. The standard InChI is InChI=1S/C30H28Cl2N6O5/c1-18(39)35-25-11-7-19(15-33-25)8-12-26(40)34-16-27(41)37(2)22-10-9-21(31)20(28(22)32)17-43-24-6-3-5-23-29(24)36-30-38(23)13-4-14-42-30/h3,5-12,15H,4,13-14,16-17H2,1-2H3,(H,34,40)(H,33,35,39)/b12-8+. The second-order valence-corrected chi connectivity index (χ2v) is 10.5. The molecule has 11 nitrogen and oxygen atoms in total. The number of hydrogen-bond donors (Lipinski definition) is 2. The highest BCUT2D eigenvalue weighted by molar-refractivity contribution is 6.38. The molecule has 1 aliphatic heterocycles. The van der Waals surface area contributed by atoms with E-state index in [2.05, 4.69) is 20.6 Å². The van der Waals surface area contributed by atoms with Gasteiger partial charge in [0.05, 0.1) is 29.4 Å². The average Bonchev–Trinajstić information content (AvgIpc) is 3.38. The van der Waals surface area contributed by atoms with Crippen LogP contribution in [0.1, 0.15) is 24.5 Å². The zero-order valence-corrected chi connectivity index (χ0v) is 24.9. The van der Waals surface area contributed by atoms with Crippen molar-refractivity contribution in [2.45, 2.75) is 26.5 Å². The molecule has 0 atom stereocenters. The third-order valence-corrected chi connectivity index (χ3v) is 7.44. The van der Waals surface area contributed by atoms with E-state index in [1.807, 2.05) is 22.8 Å². The summed E-state index contributed by atoms with van der Waals surface area (Å²) in [4.78, 5) is 46.4. The maximum atomic E-state index is 12.9. The molecule has 0 saturated carbocycles. The first-order valence-electron chi connectivity index (χ1n) is 13.4. The molecule has 0 spiro atoms. The number of aromatic nitrogens is 3. The van der Waals surface area contributed by atoms with Crippen LogP contribution in [0.4, 0.5) is 11.5 Å². The molecule has 0 saturated heterocycles. The number of amides is 3. The van der Waals surface area contributed by atoms with Crippen LogP contribution in [0.15, 0.2) is 54.7 Å². The van der Waals surface area contributed by atoms with Gasteiger partial charge in [0, 0.05) is 43.4 Å². The minimum atomic E-state index is -0.468. The lowest BCUT2D eigenvalue weighted by molar-refractivity contribution is -0.122. The third-order valence-electron chi connectivity index (χ3n) is 6.67. The van der Waals surface area contributed by atoms with Gasteiger partial charge in [0.1, 0.15) is 23.7 Å². The van der Waals surface area contributed by atoms with Crippen LogP contribution >= 0.6 is 23.2 Å². The minimum absolute atomic E-state index is 0.0396. The predicted octanol–water partition coefficient (Wildman–Crippen LogP) is 4.85. The van der Waals surface area contributed by atoms with Gasteiger partial charge in [-0.1, -0.05) is 29.3 Å². The molecular formula is C30H28Cl2N6O5. The highest BCUT2D eigenvalue weighted by Crippen LogP contribution is 2.36. The number of carbonyl (C=O) groups excluding carboxylic acids is 3. The van der Waals surface area contributed by atoms with Crippen LogP contribution < -0.4 is 25.0 Å². The Bertz CT molecular complexity index is 1720. The Kier molecular flexibility index (Phi) is 9.13. The van der Waals surface area contributed by atoms with Gasteiger partial charge < -0.3 is 25.0 Å². The Labute approximate surface area is 257 Å². The number of anilines is 2. The van der Waals surface area contributed by atoms with Gasteiger partial charge in [0.2, 0.25) is 17.7 Å². The second-order valence-electron chi connectivity index (χ2n) is 9.68. The summed E-state index contributed by atoms with van der Waals surface area (Å²) in [6.45, 7) is 2.60. The lowest BCUT2D eigenvalue weighted by Gasteiger charge is -2.21. The zero-order chi connectivity index (χ0) is 30.5. The van der Waals surface area contributed by atoms with Gasteiger partial charge in [-0.2, -0.15) is 4.98 Å². The number of pyridine rings is 1. The SMILES string of the molecule is CC(=O)Nc1ccc(/C=C/C(=O)NCC(=O)N(C)c2ccc(Cl)c(COc3cccc4c3nc3n4CCCO3)c2Cl)cn1. The van der Waals surface area contributed by atoms with E-state index in [1.54, 1.807) is 37.4 Å². The summed E-state index contributed by atoms with van der Waals surface area (Å²) >= 11 is 13.2. The Morgan fingerprint density at radius 3 is 2.77 bits per heavy atom. The largest absolute Gasteiger partial charge is 0.486 e. The van der Waals surface area contributed by atoms with Crippen molar-refractivity contribution in [3.63, 3.8) is 0 Å². The fraction of sp³-hybridized carbons (Fsp3) is 0.233. The topological polar surface area (TPSA) is 128 Å². The van der Waals surface area contributed by atoms with Gasteiger partial charge in [-0.15, -0.1) is 0 Å². The summed E-state index contributed by atoms with van der Waals surface area (Å²) in [5.74, 6) is -0.133. The number of hydrogen-bond acceptors (Lipinski definition) is 7. The van der Waals surface area contributed by atoms with Crippen molar-refractivity contribution in [2.24, 2.45) is 0 Å². The van der Waals surface area contributed by atoms with Crippen LogP contribution in [0.5, 0.6) is 11.8 Å². The molecule has 222 valence electrons. The summed E-state index contributed by atoms with van der Waals surface area (Å²) in [5.41, 5.74) is 3.15. The number of benzene rings is 2. The van der Waals surface area contributed by atoms with Crippen LogP contribution in [0, 0.1) is 0 Å². The van der Waals surface area contributed by atoms with Crippen molar-refractivity contribution in [1.29, 1.82) is 0 Å². The summed E-state index contributed by atoms with van der Waals surface area (Å²) in [6.07, 6.45) is 5.25. The Morgan fingerprint density at radius 2 is 2.00 bits per heavy atom. The number of imidazole rings is 1. The molecule has 0 radical (unpaired) electrons. The maximum Gasteiger partial charge on any atom is 0.297 e. The first-order chi connectivity index (χ1) is 20.7. The van der Waals surface area contributed by atoms with Crippen LogP contribution in [-0.4, -0.2) is 52.5 Å². The molecule has 5 rings (SSSR count). The number of halogens is 2. The molecular weight excluding hydrogens is 595 g/mol. The molecule has 2 aromatic carbocycles. The first kappa shape index (κ1) is 29.9. The van der Waals surface area contributed by atoms with Crippen molar-refractivity contribution in [3.8, 4) is 11.8 Å². The molecule has 3 amide bonds. The molecule has 2 aromatic heterocycles. The molecule has 0 aliphatic carbocycles. The van der Waals surface area contributed by atoms with Crippen molar-refractivity contribution < 1.29 is 23.9 Å². The fourth-order valence-electron chi connectivity index (χ4n) is 4.46. The molecule has 43 heavy (non-hydrogen) atoms. The van der Waals surface area contributed by atoms with E-state index < -0.39 is 11.8 Å². The smallest absolute Gasteiger partial charge is 0.297 e. The average molecular weight is 623 g/mol. The van der Waals surface area contributed by atoms with Crippen molar-refractivity contribution >= 4 is 69.5 Å². The normalized spacial score (nSPS) is 12.5. The van der Waals surface area contributed by atoms with E-state index in [4.69, 9.17) is 32.7 Å². The number of nitrogens with zero attached hydrogens (tertiary/aromatic N) is 4. The van der Waals surface area contributed by atoms with Gasteiger partial charge >= 0.3 is 0 Å². The summed E-state index contributed by atoms with van der Waals surface area (Å²) in [5, 5.41) is 5.77. The van der Waals surface area contributed by atoms with Gasteiger partial charge in [-0.05, 0) is 54.5 Å². The quantitative estimate of drug-likeness (QED) is 0.255. The number of aryl methyl sites for hydroxylation is 1. The number of rotatable bonds is 9. The van der Waals surface area contributed by atoms with Gasteiger partial charge in [-0.25, -0.2) is 4.98 Å². The molecule has 2 N–H and O–H groups in total. The van der Waals surface area contributed by atoms with Gasteiger partial charge in [0.15, 0.2) is 0 Å². The molecule has 3 heterocycles. The van der Waals surface area contributed by atoms with Crippen molar-refractivity contribution in [3.05, 3.63) is 75.9 Å². The van der Waals surface area contributed by atoms with Gasteiger partial charge in [-0.3, -0.25) is 19.0 Å². The summed E-state index contributed by atoms with van der Waals surface area (Å²) in [7, 11) is 1.56. The predicted molar refractivity (Wildman–Crippen MR) is 165 cm³/mol. The Balaban J connectivity index is 1.21. The van der Waals surface area contributed by atoms with Crippen molar-refractivity contribution in [2.75, 3.05) is 30.4 Å². The number of ether oxygens (including phenoxy) is 2. The van der Waals surface area contributed by atoms with E-state index in [9.17, 15) is 14.4 Å². The highest BCUT2D eigenvalue weighted by atomic mass is 35.5. The van der Waals surface area contributed by atoms with Crippen LogP contribution in [0.2, 0.25) is 10.0 Å². The van der Waals surface area contributed by atoms with Crippen LogP contribution in [0.25, 0.3) is 17.1 Å². The maximum absolute atomic E-state index is 12.9. The molecule has 0 bridgehead atoms. The molecule has 13 heteroatoms. The number of carbonyl (C=O) groups is 3. The van der Waals surface area contributed by atoms with E-state index >= 15 is 0 Å². The van der Waals surface area contributed by atoms with E-state index in [0.29, 0.717) is 51.5 Å². The van der Waals surface area contributed by atoms with Crippen LogP contribution in [-0.2, 0) is 27.5 Å². The van der Waals surface area contributed by atoms with E-state index in [0.717, 1.165) is 18.5 Å². The Hall–Kier alpha value is -4.61. The lowest BCUT2D eigenvalue weighted by Crippen LogP contribution is -2.37. The van der Waals surface area contributed by atoms with Gasteiger partial charge in [0.25, 0.3) is 6.01 Å². The number of nitrogens with one attached hydrogen (secondary N) is 2.